The van der Waals surface area contributed by atoms with Crippen molar-refractivity contribution in [2.45, 2.75) is 0 Å². The standard InChI is InChI=1S/C17H14NO/c1-3-9-15(10-4-1)18-14-8-7-13-17(18)19-16-11-5-2-6-12-16/h1-14H/q+1. The van der Waals surface area contributed by atoms with Gasteiger partial charge in [0.2, 0.25) is 5.69 Å². The first-order valence-electron chi connectivity index (χ1n) is 6.22. The maximum absolute atomic E-state index is 5.93. The minimum Gasteiger partial charge on any atom is -0.405 e. The van der Waals surface area contributed by atoms with E-state index in [0.29, 0.717) is 0 Å². The van der Waals surface area contributed by atoms with Crippen molar-refractivity contribution in [2.75, 3.05) is 0 Å². The van der Waals surface area contributed by atoms with Crippen LogP contribution in [0.1, 0.15) is 0 Å². The molecule has 1 aromatic heterocycles. The molecule has 0 saturated heterocycles. The van der Waals surface area contributed by atoms with E-state index in [0.717, 1.165) is 17.3 Å². The molecule has 0 bridgehead atoms. The maximum Gasteiger partial charge on any atom is 0.379 e. The molecule has 0 unspecified atom stereocenters. The van der Waals surface area contributed by atoms with Crippen LogP contribution in [0.3, 0.4) is 0 Å². The quantitative estimate of drug-likeness (QED) is 0.643. The van der Waals surface area contributed by atoms with E-state index in [1.807, 2.05) is 77.5 Å². The summed E-state index contributed by atoms with van der Waals surface area (Å²) in [5.74, 6) is 1.62. The summed E-state index contributed by atoms with van der Waals surface area (Å²) >= 11 is 0. The van der Waals surface area contributed by atoms with Crippen LogP contribution in [0.25, 0.3) is 5.69 Å². The van der Waals surface area contributed by atoms with Crippen LogP contribution in [-0.2, 0) is 0 Å². The number of hydrogen-bond acceptors (Lipinski definition) is 1. The molecule has 0 fully saturated rings. The molecule has 2 aromatic carbocycles. The molecule has 19 heavy (non-hydrogen) atoms. The van der Waals surface area contributed by atoms with Crippen molar-refractivity contribution in [1.82, 2.24) is 0 Å². The highest BCUT2D eigenvalue weighted by molar-refractivity contribution is 5.27. The summed E-state index contributed by atoms with van der Waals surface area (Å²) in [6.07, 6.45) is 1.99. The number of pyridine rings is 1. The Morgan fingerprint density at radius 1 is 0.632 bits per heavy atom. The fourth-order valence-corrected chi connectivity index (χ4v) is 1.92. The Hall–Kier alpha value is -2.61. The van der Waals surface area contributed by atoms with Crippen molar-refractivity contribution >= 4 is 0 Å². The van der Waals surface area contributed by atoms with Crippen LogP contribution in [0.2, 0.25) is 0 Å². The Morgan fingerprint density at radius 3 is 2.00 bits per heavy atom. The fourth-order valence-electron chi connectivity index (χ4n) is 1.92. The number of benzene rings is 2. The van der Waals surface area contributed by atoms with Gasteiger partial charge < -0.3 is 4.74 Å². The van der Waals surface area contributed by atoms with Gasteiger partial charge in [-0.25, -0.2) is 0 Å². The number of aromatic nitrogens is 1. The third-order valence-corrected chi connectivity index (χ3v) is 2.82. The highest BCUT2D eigenvalue weighted by Crippen LogP contribution is 2.18. The molecule has 0 aliphatic rings. The molecule has 3 aromatic rings. The Balaban J connectivity index is 1.99. The van der Waals surface area contributed by atoms with E-state index >= 15 is 0 Å². The van der Waals surface area contributed by atoms with Crippen LogP contribution in [-0.4, -0.2) is 0 Å². The number of hydrogen-bond donors (Lipinski definition) is 0. The molecule has 2 heteroatoms. The van der Waals surface area contributed by atoms with Crippen LogP contribution in [0.15, 0.2) is 85.1 Å². The molecule has 92 valence electrons. The zero-order valence-corrected chi connectivity index (χ0v) is 10.4. The minimum absolute atomic E-state index is 0.792. The molecule has 0 saturated carbocycles. The van der Waals surface area contributed by atoms with Crippen LogP contribution >= 0.6 is 0 Å². The third kappa shape index (κ3) is 2.63. The fraction of sp³-hybridized carbons (Fsp3) is 0. The van der Waals surface area contributed by atoms with Crippen LogP contribution in [0.5, 0.6) is 11.6 Å². The van der Waals surface area contributed by atoms with Gasteiger partial charge in [0.15, 0.2) is 6.20 Å². The third-order valence-electron chi connectivity index (χ3n) is 2.82. The zero-order chi connectivity index (χ0) is 12.9. The van der Waals surface area contributed by atoms with Gasteiger partial charge in [0.05, 0.1) is 6.07 Å². The van der Waals surface area contributed by atoms with Gasteiger partial charge in [0.25, 0.3) is 0 Å². The molecular weight excluding hydrogens is 234 g/mol. The lowest BCUT2D eigenvalue weighted by Gasteiger charge is -2.04. The van der Waals surface area contributed by atoms with Crippen LogP contribution in [0.4, 0.5) is 0 Å². The SMILES string of the molecule is c1ccc(Oc2cccc[n+]2-c2ccccc2)cc1. The number of ether oxygens (including phenoxy) is 1. The first-order chi connectivity index (χ1) is 9.43. The van der Waals surface area contributed by atoms with Gasteiger partial charge in [-0.3, -0.25) is 0 Å². The molecule has 3 rings (SSSR count). The molecule has 2 nitrogen and oxygen atoms in total. The van der Waals surface area contributed by atoms with Gasteiger partial charge in [-0.1, -0.05) is 36.4 Å². The van der Waals surface area contributed by atoms with Gasteiger partial charge in [-0.05, 0) is 18.2 Å². The average Bonchev–Trinajstić information content (AvgIpc) is 2.50. The number of nitrogens with zero attached hydrogens (tertiary/aromatic N) is 1. The van der Waals surface area contributed by atoms with Gasteiger partial charge >= 0.3 is 5.88 Å². The van der Waals surface area contributed by atoms with E-state index < -0.39 is 0 Å². The van der Waals surface area contributed by atoms with Crippen molar-refractivity contribution in [3.05, 3.63) is 85.1 Å². The molecule has 0 radical (unpaired) electrons. The molecule has 1 heterocycles. The van der Waals surface area contributed by atoms with Crippen LogP contribution in [0, 0.1) is 0 Å². The van der Waals surface area contributed by atoms with Gasteiger partial charge in [-0.2, -0.15) is 0 Å². The summed E-state index contributed by atoms with van der Waals surface area (Å²) in [5.41, 5.74) is 1.08. The van der Waals surface area contributed by atoms with Crippen molar-refractivity contribution in [1.29, 1.82) is 0 Å². The zero-order valence-electron chi connectivity index (χ0n) is 10.4. The average molecular weight is 248 g/mol. The van der Waals surface area contributed by atoms with E-state index in [1.54, 1.807) is 0 Å². The Bertz CT molecular complexity index is 650. The summed E-state index contributed by atoms with van der Waals surface area (Å²) in [7, 11) is 0. The smallest absolute Gasteiger partial charge is 0.379 e. The van der Waals surface area contributed by atoms with E-state index in [1.165, 1.54) is 0 Å². The lowest BCUT2D eigenvalue weighted by atomic mass is 10.3. The number of para-hydroxylation sites is 2. The van der Waals surface area contributed by atoms with Gasteiger partial charge in [-0.15, -0.1) is 4.57 Å². The summed E-state index contributed by atoms with van der Waals surface area (Å²) in [6.45, 7) is 0. The summed E-state index contributed by atoms with van der Waals surface area (Å²) in [5, 5.41) is 0. The second-order valence-corrected chi connectivity index (χ2v) is 4.16. The molecule has 0 N–H and O–H groups in total. The number of rotatable bonds is 3. The highest BCUT2D eigenvalue weighted by atomic mass is 16.5. The Morgan fingerprint density at radius 2 is 1.26 bits per heavy atom. The summed E-state index contributed by atoms with van der Waals surface area (Å²) < 4.78 is 7.95. The Kier molecular flexibility index (Phi) is 3.24. The first-order valence-corrected chi connectivity index (χ1v) is 6.22. The highest BCUT2D eigenvalue weighted by Gasteiger charge is 2.14. The minimum atomic E-state index is 0.792. The molecule has 0 amide bonds. The van der Waals surface area contributed by atoms with Crippen molar-refractivity contribution in [2.24, 2.45) is 0 Å². The van der Waals surface area contributed by atoms with Crippen molar-refractivity contribution in [3.8, 4) is 17.3 Å². The van der Waals surface area contributed by atoms with Crippen molar-refractivity contribution < 1.29 is 9.30 Å². The predicted molar refractivity (Wildman–Crippen MR) is 74.5 cm³/mol. The molecular formula is C17H14NO+. The normalized spacial score (nSPS) is 10.1. The molecule has 0 spiro atoms. The lowest BCUT2D eigenvalue weighted by molar-refractivity contribution is -0.601. The van der Waals surface area contributed by atoms with Crippen LogP contribution < -0.4 is 9.30 Å². The van der Waals surface area contributed by atoms with E-state index in [-0.39, 0.29) is 0 Å². The lowest BCUT2D eigenvalue weighted by Crippen LogP contribution is -2.31. The van der Waals surface area contributed by atoms with E-state index in [4.69, 9.17) is 4.74 Å². The summed E-state index contributed by atoms with van der Waals surface area (Å²) in [6, 6.07) is 25.9. The first kappa shape index (κ1) is 11.5. The second-order valence-electron chi connectivity index (χ2n) is 4.16. The van der Waals surface area contributed by atoms with E-state index in [2.05, 4.69) is 12.1 Å². The van der Waals surface area contributed by atoms with Crippen molar-refractivity contribution in [3.63, 3.8) is 0 Å². The molecule has 0 aliphatic heterocycles. The van der Waals surface area contributed by atoms with E-state index in [9.17, 15) is 0 Å². The maximum atomic E-state index is 5.93. The Labute approximate surface area is 112 Å². The molecule has 0 aliphatic carbocycles. The second kappa shape index (κ2) is 5.36. The monoisotopic (exact) mass is 248 g/mol. The van der Waals surface area contributed by atoms with Gasteiger partial charge in [0, 0.05) is 18.2 Å². The molecule has 0 atom stereocenters. The van der Waals surface area contributed by atoms with Gasteiger partial charge in [0.1, 0.15) is 5.75 Å². The summed E-state index contributed by atoms with van der Waals surface area (Å²) in [4.78, 5) is 0. The topological polar surface area (TPSA) is 13.1 Å². The largest absolute Gasteiger partial charge is 0.405 e. The predicted octanol–water partition coefficient (Wildman–Crippen LogP) is 3.76.